The zero-order chi connectivity index (χ0) is 22.2. The first kappa shape index (κ1) is 22.6. The van der Waals surface area contributed by atoms with Gasteiger partial charge in [0.1, 0.15) is 5.69 Å². The summed E-state index contributed by atoms with van der Waals surface area (Å²) in [6.45, 7) is 2.37. The molecule has 0 saturated carbocycles. The summed E-state index contributed by atoms with van der Waals surface area (Å²) in [4.78, 5) is 37.5. The molecule has 0 unspecified atom stereocenters. The highest BCUT2D eigenvalue weighted by molar-refractivity contribution is 8.14. The van der Waals surface area contributed by atoms with E-state index in [1.807, 2.05) is 19.0 Å². The van der Waals surface area contributed by atoms with Gasteiger partial charge in [0, 0.05) is 31.6 Å². The van der Waals surface area contributed by atoms with E-state index in [9.17, 15) is 9.59 Å². The topological polar surface area (TPSA) is 116 Å². The molecule has 164 valence electrons. The van der Waals surface area contributed by atoms with E-state index in [4.69, 9.17) is 5.73 Å². The summed E-state index contributed by atoms with van der Waals surface area (Å²) in [5.74, 6) is 0.540. The molecule has 2 aromatic rings. The molecule has 0 bridgehead atoms. The van der Waals surface area contributed by atoms with Gasteiger partial charge in [-0.15, -0.1) is 0 Å². The summed E-state index contributed by atoms with van der Waals surface area (Å²) in [6.07, 6.45) is 1.61. The zero-order valence-corrected chi connectivity index (χ0v) is 18.5. The number of benzene rings is 1. The molecule has 0 aliphatic carbocycles. The van der Waals surface area contributed by atoms with Crippen LogP contribution in [0.3, 0.4) is 0 Å². The van der Waals surface area contributed by atoms with Crippen LogP contribution < -0.4 is 16.4 Å². The number of para-hydroxylation sites is 2. The Morgan fingerprint density at radius 3 is 2.58 bits per heavy atom. The Morgan fingerprint density at radius 2 is 1.94 bits per heavy atom. The standard InChI is InChI=1S/C21H27N7O2S/c1-27(2)10-11-28(21(30)26-20-23-9-12-31-20)14-15-7-8-18(24-13-15)19(29)25-17-6-4-3-5-16(17)22/h3-8,13H,9-12,14,22H2,1-2H3,(H,25,29)(H,23,26,30). The third-order valence-electron chi connectivity index (χ3n) is 4.54. The predicted octanol–water partition coefficient (Wildman–Crippen LogP) is 2.09. The van der Waals surface area contributed by atoms with Crippen LogP contribution in [0.25, 0.3) is 0 Å². The first-order chi connectivity index (χ1) is 14.9. The number of likely N-dealkylation sites (N-methyl/N-ethyl adjacent to an activating group) is 1. The van der Waals surface area contributed by atoms with Gasteiger partial charge in [0.15, 0.2) is 5.17 Å². The van der Waals surface area contributed by atoms with Crippen molar-refractivity contribution >= 4 is 40.2 Å². The highest BCUT2D eigenvalue weighted by atomic mass is 32.2. The van der Waals surface area contributed by atoms with Crippen LogP contribution in [-0.2, 0) is 6.54 Å². The van der Waals surface area contributed by atoms with Crippen LogP contribution in [0.1, 0.15) is 16.1 Å². The zero-order valence-electron chi connectivity index (χ0n) is 17.7. The van der Waals surface area contributed by atoms with Gasteiger partial charge in [-0.1, -0.05) is 30.0 Å². The van der Waals surface area contributed by atoms with Gasteiger partial charge in [-0.05, 0) is 37.9 Å². The van der Waals surface area contributed by atoms with Crippen molar-refractivity contribution in [1.29, 1.82) is 0 Å². The Kier molecular flexibility index (Phi) is 7.85. The Labute approximate surface area is 186 Å². The van der Waals surface area contributed by atoms with Gasteiger partial charge in [-0.2, -0.15) is 0 Å². The predicted molar refractivity (Wildman–Crippen MR) is 125 cm³/mol. The number of amides is 3. The molecule has 1 aromatic carbocycles. The van der Waals surface area contributed by atoms with E-state index in [1.54, 1.807) is 59.3 Å². The molecule has 0 atom stereocenters. The summed E-state index contributed by atoms with van der Waals surface area (Å²) < 4.78 is 0. The number of urea groups is 1. The maximum Gasteiger partial charge on any atom is 0.323 e. The molecule has 1 aromatic heterocycles. The van der Waals surface area contributed by atoms with Crippen molar-refractivity contribution in [2.45, 2.75) is 6.54 Å². The van der Waals surface area contributed by atoms with Crippen molar-refractivity contribution < 1.29 is 9.59 Å². The Balaban J connectivity index is 1.64. The lowest BCUT2D eigenvalue weighted by molar-refractivity contribution is 0.102. The molecule has 0 spiro atoms. The summed E-state index contributed by atoms with van der Waals surface area (Å²) in [7, 11) is 3.92. The number of rotatable bonds is 7. The molecule has 1 aliphatic heterocycles. The van der Waals surface area contributed by atoms with Crippen LogP contribution in [-0.4, -0.2) is 71.4 Å². The number of hydrogen-bond acceptors (Lipinski definition) is 7. The van der Waals surface area contributed by atoms with E-state index in [1.165, 1.54) is 0 Å². The lowest BCUT2D eigenvalue weighted by Gasteiger charge is -2.24. The smallest absolute Gasteiger partial charge is 0.323 e. The molecular formula is C21H27N7O2S. The van der Waals surface area contributed by atoms with E-state index in [0.717, 1.165) is 24.4 Å². The molecule has 31 heavy (non-hydrogen) atoms. The van der Waals surface area contributed by atoms with Crippen LogP contribution >= 0.6 is 11.8 Å². The van der Waals surface area contributed by atoms with Gasteiger partial charge in [-0.25, -0.2) is 4.79 Å². The third kappa shape index (κ3) is 6.69. The van der Waals surface area contributed by atoms with Gasteiger partial charge < -0.3 is 20.9 Å². The summed E-state index contributed by atoms with van der Waals surface area (Å²) in [5.41, 5.74) is 7.99. The maximum absolute atomic E-state index is 12.7. The fraction of sp³-hybridized carbons (Fsp3) is 0.333. The SMILES string of the molecule is CN(C)CCN(Cc1ccc(C(=O)Nc2ccccc2N)nc1)C(=O)NC1=NCCS1. The fourth-order valence-electron chi connectivity index (χ4n) is 2.82. The molecule has 9 nitrogen and oxygen atoms in total. The largest absolute Gasteiger partial charge is 0.397 e. The quantitative estimate of drug-likeness (QED) is 0.567. The number of carbonyl (C=O) groups is 2. The number of nitrogens with one attached hydrogen (secondary N) is 2. The Bertz CT molecular complexity index is 947. The highest BCUT2D eigenvalue weighted by Crippen LogP contribution is 2.17. The van der Waals surface area contributed by atoms with Crippen molar-refractivity contribution in [3.8, 4) is 0 Å². The second kappa shape index (κ2) is 10.8. The number of carbonyl (C=O) groups excluding carboxylic acids is 2. The second-order valence-corrected chi connectivity index (χ2v) is 8.37. The van der Waals surface area contributed by atoms with Gasteiger partial charge in [0.25, 0.3) is 5.91 Å². The highest BCUT2D eigenvalue weighted by Gasteiger charge is 2.18. The van der Waals surface area contributed by atoms with Crippen molar-refractivity contribution in [2.24, 2.45) is 4.99 Å². The van der Waals surface area contributed by atoms with Crippen LogP contribution in [0.2, 0.25) is 0 Å². The maximum atomic E-state index is 12.7. The van der Waals surface area contributed by atoms with Gasteiger partial charge in [0.05, 0.1) is 17.9 Å². The Hall–Kier alpha value is -3.11. The first-order valence-electron chi connectivity index (χ1n) is 9.91. The molecule has 1 aliphatic rings. The average molecular weight is 442 g/mol. The van der Waals surface area contributed by atoms with Crippen molar-refractivity contribution in [2.75, 3.05) is 50.5 Å². The van der Waals surface area contributed by atoms with Crippen LogP contribution in [0, 0.1) is 0 Å². The molecule has 2 heterocycles. The number of amidine groups is 1. The number of anilines is 2. The van der Waals surface area contributed by atoms with Crippen LogP contribution in [0.5, 0.6) is 0 Å². The summed E-state index contributed by atoms with van der Waals surface area (Å²) >= 11 is 1.54. The number of aliphatic imine (C=N–C) groups is 1. The van der Waals surface area contributed by atoms with E-state index < -0.39 is 0 Å². The lowest BCUT2D eigenvalue weighted by atomic mass is 10.2. The van der Waals surface area contributed by atoms with Gasteiger partial charge >= 0.3 is 6.03 Å². The average Bonchev–Trinajstić information content (AvgIpc) is 3.26. The number of pyridine rings is 1. The summed E-state index contributed by atoms with van der Waals surface area (Å²) in [5, 5.41) is 6.28. The van der Waals surface area contributed by atoms with E-state index >= 15 is 0 Å². The minimum absolute atomic E-state index is 0.198. The normalized spacial score (nSPS) is 13.1. The molecule has 3 rings (SSSR count). The fourth-order valence-corrected chi connectivity index (χ4v) is 3.54. The minimum Gasteiger partial charge on any atom is -0.397 e. The molecule has 0 radical (unpaired) electrons. The molecule has 10 heteroatoms. The first-order valence-corrected chi connectivity index (χ1v) is 10.9. The second-order valence-electron chi connectivity index (χ2n) is 7.28. The molecule has 0 fully saturated rings. The van der Waals surface area contributed by atoms with E-state index in [0.29, 0.717) is 29.6 Å². The molecule has 4 N–H and O–H groups in total. The number of hydrogen-bond donors (Lipinski definition) is 3. The van der Waals surface area contributed by atoms with Crippen molar-refractivity contribution in [3.05, 3.63) is 53.9 Å². The number of thioether (sulfide) groups is 1. The Morgan fingerprint density at radius 1 is 1.13 bits per heavy atom. The van der Waals surface area contributed by atoms with Crippen LogP contribution in [0.15, 0.2) is 47.6 Å². The van der Waals surface area contributed by atoms with Crippen LogP contribution in [0.4, 0.5) is 16.2 Å². The number of nitrogens with zero attached hydrogens (tertiary/aromatic N) is 4. The minimum atomic E-state index is -0.345. The van der Waals surface area contributed by atoms with Gasteiger partial charge in [-0.3, -0.25) is 20.1 Å². The van der Waals surface area contributed by atoms with E-state index in [2.05, 4.69) is 20.6 Å². The lowest BCUT2D eigenvalue weighted by Crippen LogP contribution is -2.44. The molecule has 3 amide bonds. The number of nitrogens with two attached hydrogens (primary N) is 1. The van der Waals surface area contributed by atoms with Crippen molar-refractivity contribution in [3.63, 3.8) is 0 Å². The number of aromatic nitrogens is 1. The number of nitrogen functional groups attached to an aromatic ring is 1. The van der Waals surface area contributed by atoms with Gasteiger partial charge in [0.2, 0.25) is 0 Å². The molecular weight excluding hydrogens is 414 g/mol. The van der Waals surface area contributed by atoms with E-state index in [-0.39, 0.29) is 17.6 Å². The monoisotopic (exact) mass is 441 g/mol. The molecule has 0 saturated heterocycles. The third-order valence-corrected chi connectivity index (χ3v) is 5.43. The summed E-state index contributed by atoms with van der Waals surface area (Å²) in [6, 6.07) is 10.3. The van der Waals surface area contributed by atoms with Crippen molar-refractivity contribution in [1.82, 2.24) is 20.1 Å².